The summed E-state index contributed by atoms with van der Waals surface area (Å²) < 4.78 is 0. The van der Waals surface area contributed by atoms with Crippen LogP contribution in [0.5, 0.6) is 0 Å². The number of aliphatic hydroxyl groups excluding tert-OH is 1. The summed E-state index contributed by atoms with van der Waals surface area (Å²) in [5.74, 6) is 0. The van der Waals surface area contributed by atoms with E-state index in [4.69, 9.17) is 12.2 Å². The molecule has 31 heavy (non-hydrogen) atoms. The maximum atomic E-state index is 10.1. The van der Waals surface area contributed by atoms with Crippen LogP contribution < -0.4 is 0 Å². The van der Waals surface area contributed by atoms with Gasteiger partial charge in [-0.15, -0.1) is 0 Å². The van der Waals surface area contributed by atoms with Gasteiger partial charge in [-0.2, -0.15) is 0 Å². The zero-order valence-corrected chi connectivity index (χ0v) is 22.6. The van der Waals surface area contributed by atoms with Crippen LogP contribution in [0, 0.1) is 5.41 Å². The monoisotopic (exact) mass is 454 g/mol. The zero-order chi connectivity index (χ0) is 23.0. The van der Waals surface area contributed by atoms with E-state index in [2.05, 4.69) is 20.8 Å². The molecule has 0 fully saturated rings. The summed E-state index contributed by atoms with van der Waals surface area (Å²) in [6.45, 7) is 6.76. The van der Waals surface area contributed by atoms with Gasteiger partial charge in [0.2, 0.25) is 0 Å². The molecule has 0 aliphatic rings. The first-order valence-corrected chi connectivity index (χ1v) is 14.7. The first kappa shape index (κ1) is 30.9. The van der Waals surface area contributed by atoms with Crippen molar-refractivity contribution in [1.29, 1.82) is 0 Å². The lowest BCUT2D eigenvalue weighted by Gasteiger charge is -2.27. The highest BCUT2D eigenvalue weighted by Gasteiger charge is 2.28. The van der Waals surface area contributed by atoms with Crippen molar-refractivity contribution < 1.29 is 5.11 Å². The quantitative estimate of drug-likeness (QED) is 0.109. The molecular formula is C29H58OS. The molecule has 0 aromatic carbocycles. The summed E-state index contributed by atoms with van der Waals surface area (Å²) in [5.41, 5.74) is -0.131. The molecule has 0 radical (unpaired) electrons. The highest BCUT2D eigenvalue weighted by molar-refractivity contribution is 7.80. The molecule has 2 heteroatoms. The molecular weight excluding hydrogens is 396 g/mol. The van der Waals surface area contributed by atoms with Gasteiger partial charge in [0.25, 0.3) is 0 Å². The first-order chi connectivity index (χ1) is 15.1. The van der Waals surface area contributed by atoms with E-state index in [1.54, 1.807) is 0 Å². The van der Waals surface area contributed by atoms with Crippen LogP contribution in [-0.4, -0.2) is 10.2 Å². The van der Waals surface area contributed by atoms with E-state index < -0.39 is 0 Å². The molecule has 0 amide bonds. The van der Waals surface area contributed by atoms with Crippen molar-refractivity contribution in [3.05, 3.63) is 0 Å². The Hall–Kier alpha value is -0.110. The van der Waals surface area contributed by atoms with Crippen LogP contribution >= 0.6 is 12.2 Å². The van der Waals surface area contributed by atoms with Crippen LogP contribution in [-0.2, 0) is 0 Å². The van der Waals surface area contributed by atoms with Crippen molar-refractivity contribution in [3.63, 3.8) is 0 Å². The molecule has 0 unspecified atom stereocenters. The maximum absolute atomic E-state index is 10.1. The molecule has 0 aromatic heterocycles. The molecule has 1 nitrogen and oxygen atoms in total. The summed E-state index contributed by atoms with van der Waals surface area (Å²) in [5, 5.41) is 10.4. The van der Waals surface area contributed by atoms with Crippen LogP contribution in [0.3, 0.4) is 0 Å². The van der Waals surface area contributed by atoms with Crippen LogP contribution in [0.4, 0.5) is 0 Å². The number of thiocarbonyl (C=S) groups is 1. The normalized spacial score (nSPS) is 11.8. The standard InChI is InChI=1S/C29H58OS/c1-4-6-8-10-12-14-16-18-20-22-24-26-29(3,28(30)31)27-25-23-21-19-17-15-13-11-9-7-5-2/h4-27H2,1-3H3,(H,30,31). The largest absolute Gasteiger partial charge is 0.502 e. The van der Waals surface area contributed by atoms with E-state index in [1.165, 1.54) is 141 Å². The van der Waals surface area contributed by atoms with Gasteiger partial charge < -0.3 is 5.11 Å². The molecule has 0 saturated heterocycles. The van der Waals surface area contributed by atoms with E-state index in [0.29, 0.717) is 0 Å². The van der Waals surface area contributed by atoms with Crippen LogP contribution in [0.15, 0.2) is 0 Å². The predicted molar refractivity (Wildman–Crippen MR) is 145 cm³/mol. The van der Waals surface area contributed by atoms with E-state index in [0.717, 1.165) is 12.8 Å². The fourth-order valence-electron chi connectivity index (χ4n) is 4.70. The van der Waals surface area contributed by atoms with Gasteiger partial charge in [0.15, 0.2) is 5.05 Å². The summed E-state index contributed by atoms with van der Waals surface area (Å²) >= 11 is 5.24. The predicted octanol–water partition coefficient (Wildman–Crippen LogP) is 11.3. The average molecular weight is 455 g/mol. The summed E-state index contributed by atoms with van der Waals surface area (Å²) in [6.07, 6.45) is 32.3. The molecule has 0 bridgehead atoms. The molecule has 0 spiro atoms. The second-order valence-electron chi connectivity index (χ2n) is 10.4. The molecule has 0 aliphatic carbocycles. The minimum Gasteiger partial charge on any atom is -0.502 e. The minimum absolute atomic E-state index is 0.131. The minimum atomic E-state index is -0.131. The Morgan fingerprint density at radius 3 is 0.935 bits per heavy atom. The highest BCUT2D eigenvalue weighted by Crippen LogP contribution is 2.32. The van der Waals surface area contributed by atoms with Gasteiger partial charge in [-0.25, -0.2) is 0 Å². The summed E-state index contributed by atoms with van der Waals surface area (Å²) in [6, 6.07) is 0. The molecule has 0 rings (SSSR count). The summed E-state index contributed by atoms with van der Waals surface area (Å²) in [4.78, 5) is 0. The third kappa shape index (κ3) is 20.2. The van der Waals surface area contributed by atoms with Gasteiger partial charge in [0.05, 0.1) is 0 Å². The Kier molecular flexibility index (Phi) is 23.0. The van der Waals surface area contributed by atoms with Gasteiger partial charge in [-0.1, -0.05) is 162 Å². The topological polar surface area (TPSA) is 20.2 Å². The molecule has 0 aromatic rings. The zero-order valence-electron chi connectivity index (χ0n) is 21.8. The van der Waals surface area contributed by atoms with Crippen molar-refractivity contribution in [2.24, 2.45) is 5.41 Å². The highest BCUT2D eigenvalue weighted by atomic mass is 32.1. The Labute approximate surface area is 202 Å². The van der Waals surface area contributed by atoms with Gasteiger partial charge in [0.1, 0.15) is 0 Å². The van der Waals surface area contributed by atoms with Crippen molar-refractivity contribution in [3.8, 4) is 0 Å². The van der Waals surface area contributed by atoms with Crippen molar-refractivity contribution in [2.75, 3.05) is 0 Å². The van der Waals surface area contributed by atoms with Gasteiger partial charge in [-0.3, -0.25) is 0 Å². The molecule has 1 N–H and O–H groups in total. The third-order valence-electron chi connectivity index (χ3n) is 7.18. The average Bonchev–Trinajstić information content (AvgIpc) is 2.75. The Balaban J connectivity index is 3.62. The third-order valence-corrected chi connectivity index (χ3v) is 7.67. The Morgan fingerprint density at radius 2 is 0.710 bits per heavy atom. The number of aliphatic hydroxyl groups is 1. The lowest BCUT2D eigenvalue weighted by atomic mass is 9.80. The van der Waals surface area contributed by atoms with Crippen LogP contribution in [0.2, 0.25) is 0 Å². The number of hydrogen-bond acceptors (Lipinski definition) is 1. The van der Waals surface area contributed by atoms with Gasteiger partial charge in [-0.05, 0) is 25.1 Å². The lowest BCUT2D eigenvalue weighted by molar-refractivity contribution is 0.311. The SMILES string of the molecule is CCCCCCCCCCCCCC(C)(CCCCCCCCCCCCC)C(O)=S. The molecule has 0 heterocycles. The van der Waals surface area contributed by atoms with Crippen LogP contribution in [0.1, 0.15) is 175 Å². The second kappa shape index (κ2) is 23.1. The van der Waals surface area contributed by atoms with Crippen LogP contribution in [0.25, 0.3) is 0 Å². The summed E-state index contributed by atoms with van der Waals surface area (Å²) in [7, 11) is 0. The Bertz CT molecular complexity index is 353. The van der Waals surface area contributed by atoms with E-state index in [1.807, 2.05) is 0 Å². The Morgan fingerprint density at radius 1 is 0.484 bits per heavy atom. The number of rotatable bonds is 25. The van der Waals surface area contributed by atoms with Crippen molar-refractivity contribution in [1.82, 2.24) is 0 Å². The number of unbranched alkanes of at least 4 members (excludes halogenated alkanes) is 20. The molecule has 0 aliphatic heterocycles. The number of hydrogen-bond donors (Lipinski definition) is 1. The maximum Gasteiger partial charge on any atom is 0.162 e. The van der Waals surface area contributed by atoms with Crippen molar-refractivity contribution >= 4 is 17.3 Å². The van der Waals surface area contributed by atoms with Gasteiger partial charge in [0, 0.05) is 5.41 Å². The van der Waals surface area contributed by atoms with E-state index in [9.17, 15) is 5.11 Å². The van der Waals surface area contributed by atoms with E-state index in [-0.39, 0.29) is 10.5 Å². The van der Waals surface area contributed by atoms with Gasteiger partial charge >= 0.3 is 0 Å². The smallest absolute Gasteiger partial charge is 0.162 e. The van der Waals surface area contributed by atoms with E-state index >= 15 is 0 Å². The molecule has 0 saturated carbocycles. The molecule has 0 atom stereocenters. The fourth-order valence-corrected chi connectivity index (χ4v) is 4.90. The first-order valence-electron chi connectivity index (χ1n) is 14.3. The van der Waals surface area contributed by atoms with Crippen molar-refractivity contribution in [2.45, 2.75) is 175 Å². The molecule has 186 valence electrons. The lowest BCUT2D eigenvalue weighted by Crippen LogP contribution is -2.26. The fraction of sp³-hybridized carbons (Fsp3) is 0.966. The second-order valence-corrected chi connectivity index (χ2v) is 10.8.